The first-order chi connectivity index (χ1) is 10.1. The fraction of sp³-hybridized carbons (Fsp3) is 0.625. The number of rotatable bonds is 2. The third-order valence-electron chi connectivity index (χ3n) is 4.76. The lowest BCUT2D eigenvalue weighted by atomic mass is 10.0. The van der Waals surface area contributed by atoms with Gasteiger partial charge >= 0.3 is 0 Å². The zero-order chi connectivity index (χ0) is 14.9. The van der Waals surface area contributed by atoms with Crippen molar-refractivity contribution < 1.29 is 8.42 Å². The Hall–Kier alpha value is -1.07. The molecule has 0 bridgehead atoms. The Balaban J connectivity index is 1.99. The predicted octanol–water partition coefficient (Wildman–Crippen LogP) is 2.95. The Morgan fingerprint density at radius 2 is 1.71 bits per heavy atom. The number of para-hydroxylation sites is 1. The third-order valence-corrected chi connectivity index (χ3v) is 7.07. The molecule has 1 aliphatic heterocycles. The van der Waals surface area contributed by atoms with Crippen molar-refractivity contribution >= 4 is 15.7 Å². The Morgan fingerprint density at radius 1 is 1.00 bits per heavy atom. The summed E-state index contributed by atoms with van der Waals surface area (Å²) in [4.78, 5) is 0. The van der Waals surface area contributed by atoms with Crippen molar-refractivity contribution in [1.29, 1.82) is 0 Å². The molecule has 2 aliphatic rings. The fourth-order valence-corrected chi connectivity index (χ4v) is 5.68. The number of nitrogens with two attached hydrogens (primary N) is 1. The number of hydrogen-bond donors (Lipinski definition) is 1. The van der Waals surface area contributed by atoms with Crippen LogP contribution in [-0.2, 0) is 10.0 Å². The molecule has 21 heavy (non-hydrogen) atoms. The lowest BCUT2D eigenvalue weighted by Crippen LogP contribution is -2.40. The number of sulfonamides is 1. The zero-order valence-corrected chi connectivity index (χ0v) is 13.2. The largest absolute Gasteiger partial charge is 0.324 e. The standard InChI is InChI=1S/C16H24N2O2S/c17-15-10-6-12-18(16-11-5-4-9-14(15)16)21(19,20)13-7-2-1-3-8-13/h4-5,9,11,13,15H,1-3,6-8,10,12,17H2. The van der Waals surface area contributed by atoms with E-state index in [1.54, 1.807) is 4.31 Å². The summed E-state index contributed by atoms with van der Waals surface area (Å²) in [6, 6.07) is 7.65. The van der Waals surface area contributed by atoms with Gasteiger partial charge in [0.2, 0.25) is 10.0 Å². The van der Waals surface area contributed by atoms with Crippen LogP contribution in [0.15, 0.2) is 24.3 Å². The Bertz CT molecular complexity index is 594. The van der Waals surface area contributed by atoms with Gasteiger partial charge in [0.25, 0.3) is 0 Å². The quantitative estimate of drug-likeness (QED) is 0.913. The van der Waals surface area contributed by atoms with Crippen molar-refractivity contribution in [2.24, 2.45) is 5.73 Å². The molecule has 0 aromatic heterocycles. The highest BCUT2D eigenvalue weighted by molar-refractivity contribution is 7.93. The van der Waals surface area contributed by atoms with E-state index in [2.05, 4.69) is 0 Å². The van der Waals surface area contributed by atoms with Gasteiger partial charge in [0, 0.05) is 12.6 Å². The molecule has 0 spiro atoms. The molecule has 2 N–H and O–H groups in total. The summed E-state index contributed by atoms with van der Waals surface area (Å²) >= 11 is 0. The second-order valence-corrected chi connectivity index (χ2v) is 8.32. The zero-order valence-electron chi connectivity index (χ0n) is 12.4. The summed E-state index contributed by atoms with van der Waals surface area (Å²) in [7, 11) is -3.27. The van der Waals surface area contributed by atoms with Gasteiger partial charge in [0.05, 0.1) is 10.9 Å². The Labute approximate surface area is 127 Å². The average molecular weight is 308 g/mol. The molecule has 1 aliphatic carbocycles. The summed E-state index contributed by atoms with van der Waals surface area (Å²) in [5.74, 6) is 0. The minimum atomic E-state index is -3.27. The van der Waals surface area contributed by atoms with E-state index in [1.807, 2.05) is 24.3 Å². The second kappa shape index (κ2) is 5.97. The molecule has 0 saturated heterocycles. The van der Waals surface area contributed by atoms with Crippen LogP contribution in [0.25, 0.3) is 0 Å². The molecular formula is C16H24N2O2S. The van der Waals surface area contributed by atoms with Crippen molar-refractivity contribution in [3.05, 3.63) is 29.8 Å². The summed E-state index contributed by atoms with van der Waals surface area (Å²) < 4.78 is 27.7. The van der Waals surface area contributed by atoms with Crippen LogP contribution in [-0.4, -0.2) is 20.2 Å². The molecular weight excluding hydrogens is 284 g/mol. The molecule has 1 fully saturated rings. The van der Waals surface area contributed by atoms with Gasteiger partial charge in [-0.25, -0.2) is 8.42 Å². The van der Waals surface area contributed by atoms with Crippen LogP contribution >= 0.6 is 0 Å². The summed E-state index contributed by atoms with van der Waals surface area (Å²) in [5, 5.41) is -0.214. The van der Waals surface area contributed by atoms with Crippen LogP contribution in [0, 0.1) is 0 Å². The molecule has 1 aromatic carbocycles. The molecule has 5 heteroatoms. The monoisotopic (exact) mass is 308 g/mol. The maximum Gasteiger partial charge on any atom is 0.238 e. The fourth-order valence-electron chi connectivity index (χ4n) is 3.57. The van der Waals surface area contributed by atoms with E-state index < -0.39 is 10.0 Å². The lowest BCUT2D eigenvalue weighted by molar-refractivity contribution is 0.481. The molecule has 116 valence electrons. The number of anilines is 1. The number of nitrogens with zero attached hydrogens (tertiary/aromatic N) is 1. The third kappa shape index (κ3) is 2.81. The lowest BCUT2D eigenvalue weighted by Gasteiger charge is -2.31. The predicted molar refractivity (Wildman–Crippen MR) is 85.7 cm³/mol. The molecule has 3 rings (SSSR count). The number of benzene rings is 1. The van der Waals surface area contributed by atoms with Crippen LogP contribution in [0.5, 0.6) is 0 Å². The molecule has 1 aromatic rings. The highest BCUT2D eigenvalue weighted by Crippen LogP contribution is 2.36. The highest BCUT2D eigenvalue weighted by Gasteiger charge is 2.35. The minimum absolute atomic E-state index is 0.0623. The molecule has 4 nitrogen and oxygen atoms in total. The van der Waals surface area contributed by atoms with Gasteiger partial charge in [-0.1, -0.05) is 37.5 Å². The summed E-state index contributed by atoms with van der Waals surface area (Å²) in [5.41, 5.74) is 7.97. The maximum absolute atomic E-state index is 13.0. The molecule has 0 radical (unpaired) electrons. The average Bonchev–Trinajstić information content (AvgIpc) is 2.68. The van der Waals surface area contributed by atoms with E-state index >= 15 is 0 Å². The van der Waals surface area contributed by atoms with Gasteiger partial charge in [-0.15, -0.1) is 0 Å². The number of hydrogen-bond acceptors (Lipinski definition) is 3. The molecule has 1 heterocycles. The molecule has 0 amide bonds. The first-order valence-corrected chi connectivity index (χ1v) is 9.47. The van der Waals surface area contributed by atoms with Crippen molar-refractivity contribution in [2.75, 3.05) is 10.8 Å². The van der Waals surface area contributed by atoms with E-state index in [1.165, 1.54) is 0 Å². The van der Waals surface area contributed by atoms with Gasteiger partial charge < -0.3 is 5.73 Å². The molecule has 1 atom stereocenters. The van der Waals surface area contributed by atoms with E-state index in [9.17, 15) is 8.42 Å². The van der Waals surface area contributed by atoms with Crippen LogP contribution in [0.2, 0.25) is 0 Å². The van der Waals surface area contributed by atoms with Gasteiger partial charge in [-0.3, -0.25) is 4.31 Å². The normalized spacial score (nSPS) is 24.4. The Morgan fingerprint density at radius 3 is 2.48 bits per heavy atom. The van der Waals surface area contributed by atoms with Gasteiger partial charge in [-0.2, -0.15) is 0 Å². The molecule has 1 saturated carbocycles. The van der Waals surface area contributed by atoms with E-state index in [4.69, 9.17) is 5.73 Å². The minimum Gasteiger partial charge on any atom is -0.324 e. The smallest absolute Gasteiger partial charge is 0.238 e. The van der Waals surface area contributed by atoms with E-state index in [-0.39, 0.29) is 11.3 Å². The van der Waals surface area contributed by atoms with Gasteiger partial charge in [0.1, 0.15) is 0 Å². The second-order valence-electron chi connectivity index (χ2n) is 6.18. The first-order valence-electron chi connectivity index (χ1n) is 7.97. The van der Waals surface area contributed by atoms with E-state index in [0.717, 1.165) is 56.2 Å². The van der Waals surface area contributed by atoms with Crippen molar-refractivity contribution in [3.8, 4) is 0 Å². The summed E-state index contributed by atoms with van der Waals surface area (Å²) in [6.45, 7) is 0.559. The van der Waals surface area contributed by atoms with Gasteiger partial charge in [0.15, 0.2) is 0 Å². The Kier molecular flexibility index (Phi) is 4.22. The van der Waals surface area contributed by atoms with Crippen molar-refractivity contribution in [2.45, 2.75) is 56.2 Å². The first kappa shape index (κ1) is 14.9. The van der Waals surface area contributed by atoms with E-state index in [0.29, 0.717) is 6.54 Å². The SMILES string of the molecule is NC1CCCN(S(=O)(=O)C2CCCCC2)c2ccccc21. The maximum atomic E-state index is 13.0. The van der Waals surface area contributed by atoms with Crippen molar-refractivity contribution in [3.63, 3.8) is 0 Å². The van der Waals surface area contributed by atoms with Crippen LogP contribution < -0.4 is 10.0 Å². The summed E-state index contributed by atoms with van der Waals surface area (Å²) in [6.07, 6.45) is 6.47. The number of fused-ring (bicyclic) bond motifs is 1. The topological polar surface area (TPSA) is 63.4 Å². The van der Waals surface area contributed by atoms with Crippen LogP contribution in [0.3, 0.4) is 0 Å². The van der Waals surface area contributed by atoms with Gasteiger partial charge in [-0.05, 0) is 37.3 Å². The molecule has 1 unspecified atom stereocenters. The van der Waals surface area contributed by atoms with Crippen molar-refractivity contribution in [1.82, 2.24) is 0 Å². The van der Waals surface area contributed by atoms with Crippen LogP contribution in [0.1, 0.15) is 56.6 Å². The van der Waals surface area contributed by atoms with Crippen LogP contribution in [0.4, 0.5) is 5.69 Å². The highest BCUT2D eigenvalue weighted by atomic mass is 32.2.